The van der Waals surface area contributed by atoms with Crippen LogP contribution in [0.25, 0.3) is 0 Å². The van der Waals surface area contributed by atoms with Crippen molar-refractivity contribution in [2.24, 2.45) is 11.7 Å². The van der Waals surface area contributed by atoms with Gasteiger partial charge >= 0.3 is 0 Å². The molecule has 6 heteroatoms. The van der Waals surface area contributed by atoms with Crippen molar-refractivity contribution in [3.8, 4) is 5.75 Å². The molecule has 1 aliphatic carbocycles. The number of nitrogens with two attached hydrogens (primary N) is 1. The number of rotatable bonds is 4. The lowest BCUT2D eigenvalue weighted by Crippen LogP contribution is -2.37. The fourth-order valence-corrected chi connectivity index (χ4v) is 2.90. The lowest BCUT2D eigenvalue weighted by molar-refractivity contribution is -0.126. The van der Waals surface area contributed by atoms with Crippen molar-refractivity contribution in [1.29, 1.82) is 0 Å². The summed E-state index contributed by atoms with van der Waals surface area (Å²) in [4.78, 5) is 12.1. The number of carbonyl (C=O) groups excluding carboxylic acids is 1. The molecular weight excluding hydrogens is 311 g/mol. The molecular formula is C15H22Cl2N2O2. The van der Waals surface area contributed by atoms with E-state index in [9.17, 15) is 4.79 Å². The molecule has 3 N–H and O–H groups in total. The maximum atomic E-state index is 12.1. The van der Waals surface area contributed by atoms with Gasteiger partial charge < -0.3 is 15.8 Å². The molecule has 21 heavy (non-hydrogen) atoms. The largest absolute Gasteiger partial charge is 0.495 e. The van der Waals surface area contributed by atoms with Crippen LogP contribution in [-0.4, -0.2) is 19.1 Å². The number of methoxy groups -OCH3 is 1. The molecule has 0 bridgehead atoms. The predicted octanol–water partition coefficient (Wildman–Crippen LogP) is 2.90. The summed E-state index contributed by atoms with van der Waals surface area (Å²) in [6.45, 7) is 0.480. The monoisotopic (exact) mass is 332 g/mol. The van der Waals surface area contributed by atoms with Crippen LogP contribution in [0.1, 0.15) is 31.2 Å². The molecule has 4 nitrogen and oxygen atoms in total. The van der Waals surface area contributed by atoms with Gasteiger partial charge in [0.25, 0.3) is 0 Å². The zero-order valence-electron chi connectivity index (χ0n) is 12.1. The zero-order chi connectivity index (χ0) is 14.5. The molecule has 0 aliphatic heterocycles. The summed E-state index contributed by atoms with van der Waals surface area (Å²) in [7, 11) is 1.58. The Bertz CT molecular complexity index is 483. The smallest absolute Gasteiger partial charge is 0.223 e. The Kier molecular flexibility index (Phi) is 7.29. The third kappa shape index (κ3) is 5.06. The van der Waals surface area contributed by atoms with Gasteiger partial charge in [-0.25, -0.2) is 0 Å². The van der Waals surface area contributed by atoms with Gasteiger partial charge in [-0.3, -0.25) is 4.79 Å². The Morgan fingerprint density at radius 1 is 1.48 bits per heavy atom. The average molecular weight is 333 g/mol. The number of hydrogen-bond acceptors (Lipinski definition) is 3. The fraction of sp³-hybridized carbons (Fsp3) is 0.533. The summed E-state index contributed by atoms with van der Waals surface area (Å²) >= 11 is 6.06. The lowest BCUT2D eigenvalue weighted by atomic mass is 9.85. The van der Waals surface area contributed by atoms with Crippen molar-refractivity contribution >= 4 is 29.9 Å². The Balaban J connectivity index is 0.00000220. The van der Waals surface area contributed by atoms with Crippen molar-refractivity contribution in [2.45, 2.75) is 38.3 Å². The first-order valence-corrected chi connectivity index (χ1v) is 7.33. The molecule has 1 aliphatic rings. The van der Waals surface area contributed by atoms with Gasteiger partial charge in [-0.05, 0) is 37.0 Å². The molecule has 2 rings (SSSR count). The van der Waals surface area contributed by atoms with Crippen molar-refractivity contribution in [2.75, 3.05) is 7.11 Å². The minimum Gasteiger partial charge on any atom is -0.495 e. The van der Waals surface area contributed by atoms with Crippen LogP contribution in [-0.2, 0) is 11.3 Å². The molecule has 0 heterocycles. The standard InChI is InChI=1S/C15H21ClN2O2.ClH/c1-20-14-6-5-10(7-13(14)16)9-18-15(19)11-3-2-4-12(17)8-11;/h5-7,11-12H,2-4,8-9,17H2,1H3,(H,18,19);1H. The summed E-state index contributed by atoms with van der Waals surface area (Å²) in [6.07, 6.45) is 3.78. The third-order valence-corrected chi connectivity index (χ3v) is 4.06. The van der Waals surface area contributed by atoms with E-state index in [0.717, 1.165) is 31.2 Å². The Morgan fingerprint density at radius 3 is 2.86 bits per heavy atom. The summed E-state index contributed by atoms with van der Waals surface area (Å²) in [6, 6.07) is 5.68. The van der Waals surface area contributed by atoms with Gasteiger partial charge in [-0.15, -0.1) is 12.4 Å². The molecule has 2 atom stereocenters. The zero-order valence-corrected chi connectivity index (χ0v) is 13.7. The molecule has 1 amide bonds. The Morgan fingerprint density at radius 2 is 2.24 bits per heavy atom. The number of hydrogen-bond donors (Lipinski definition) is 2. The molecule has 118 valence electrons. The predicted molar refractivity (Wildman–Crippen MR) is 87.0 cm³/mol. The van der Waals surface area contributed by atoms with Crippen LogP contribution in [0, 0.1) is 5.92 Å². The highest BCUT2D eigenvalue weighted by Gasteiger charge is 2.24. The highest BCUT2D eigenvalue weighted by atomic mass is 35.5. The van der Waals surface area contributed by atoms with E-state index < -0.39 is 0 Å². The molecule has 1 saturated carbocycles. The second kappa shape index (κ2) is 8.47. The normalized spacial score (nSPS) is 21.3. The number of benzene rings is 1. The summed E-state index contributed by atoms with van der Waals surface area (Å²) < 4.78 is 5.10. The fourth-order valence-electron chi connectivity index (χ4n) is 2.62. The van der Waals surface area contributed by atoms with Gasteiger partial charge in [-0.2, -0.15) is 0 Å². The van der Waals surface area contributed by atoms with Gasteiger partial charge in [0.1, 0.15) is 5.75 Å². The first-order chi connectivity index (χ1) is 9.60. The van der Waals surface area contributed by atoms with Crippen LogP contribution in [0.15, 0.2) is 18.2 Å². The van der Waals surface area contributed by atoms with Gasteiger partial charge in [-0.1, -0.05) is 24.1 Å². The second-order valence-corrected chi connectivity index (χ2v) is 5.72. The van der Waals surface area contributed by atoms with E-state index in [4.69, 9.17) is 22.1 Å². The number of ether oxygens (including phenoxy) is 1. The number of amides is 1. The number of nitrogens with one attached hydrogen (secondary N) is 1. The second-order valence-electron chi connectivity index (χ2n) is 5.31. The first kappa shape index (κ1) is 18.1. The molecule has 2 unspecified atom stereocenters. The van der Waals surface area contributed by atoms with Crippen molar-refractivity contribution in [1.82, 2.24) is 5.32 Å². The van der Waals surface area contributed by atoms with E-state index in [0.29, 0.717) is 17.3 Å². The quantitative estimate of drug-likeness (QED) is 0.890. The van der Waals surface area contributed by atoms with E-state index in [1.54, 1.807) is 13.2 Å². The van der Waals surface area contributed by atoms with E-state index >= 15 is 0 Å². The highest BCUT2D eigenvalue weighted by Crippen LogP contribution is 2.25. The van der Waals surface area contributed by atoms with E-state index in [-0.39, 0.29) is 30.3 Å². The molecule has 0 saturated heterocycles. The number of carbonyl (C=O) groups is 1. The first-order valence-electron chi connectivity index (χ1n) is 6.96. The summed E-state index contributed by atoms with van der Waals surface area (Å²) in [5.74, 6) is 0.777. The van der Waals surface area contributed by atoms with Crippen molar-refractivity contribution in [3.63, 3.8) is 0 Å². The Hall–Kier alpha value is -0.970. The van der Waals surface area contributed by atoms with Gasteiger partial charge in [0.05, 0.1) is 12.1 Å². The molecule has 0 spiro atoms. The van der Waals surface area contributed by atoms with E-state index in [2.05, 4.69) is 5.32 Å². The molecule has 0 aromatic heterocycles. The maximum Gasteiger partial charge on any atom is 0.223 e. The summed E-state index contributed by atoms with van der Waals surface area (Å²) in [5.41, 5.74) is 6.87. The average Bonchev–Trinajstić information content (AvgIpc) is 2.45. The lowest BCUT2D eigenvalue weighted by Gasteiger charge is -2.25. The van der Waals surface area contributed by atoms with Crippen LogP contribution >= 0.6 is 24.0 Å². The van der Waals surface area contributed by atoms with Crippen LogP contribution in [0.2, 0.25) is 5.02 Å². The van der Waals surface area contributed by atoms with E-state index in [1.165, 1.54) is 0 Å². The van der Waals surface area contributed by atoms with Crippen molar-refractivity contribution < 1.29 is 9.53 Å². The third-order valence-electron chi connectivity index (χ3n) is 3.77. The molecule has 1 fully saturated rings. The molecule has 1 aromatic carbocycles. The maximum absolute atomic E-state index is 12.1. The molecule has 0 radical (unpaired) electrons. The Labute approximate surface area is 136 Å². The number of halogens is 2. The minimum atomic E-state index is 0. The van der Waals surface area contributed by atoms with Crippen LogP contribution in [0.3, 0.4) is 0 Å². The van der Waals surface area contributed by atoms with Crippen LogP contribution < -0.4 is 15.8 Å². The van der Waals surface area contributed by atoms with E-state index in [1.807, 2.05) is 12.1 Å². The SMILES string of the molecule is COc1ccc(CNC(=O)C2CCCC(N)C2)cc1Cl.Cl. The van der Waals surface area contributed by atoms with Gasteiger partial charge in [0.15, 0.2) is 0 Å². The highest BCUT2D eigenvalue weighted by molar-refractivity contribution is 6.32. The van der Waals surface area contributed by atoms with Gasteiger partial charge in [0, 0.05) is 18.5 Å². The van der Waals surface area contributed by atoms with Crippen LogP contribution in [0.5, 0.6) is 5.75 Å². The summed E-state index contributed by atoms with van der Waals surface area (Å²) in [5, 5.41) is 3.51. The van der Waals surface area contributed by atoms with Gasteiger partial charge in [0.2, 0.25) is 5.91 Å². The molecule has 1 aromatic rings. The minimum absolute atomic E-state index is 0. The van der Waals surface area contributed by atoms with Crippen molar-refractivity contribution in [3.05, 3.63) is 28.8 Å². The van der Waals surface area contributed by atoms with Crippen LogP contribution in [0.4, 0.5) is 0 Å². The topological polar surface area (TPSA) is 64.3 Å².